The van der Waals surface area contributed by atoms with Crippen LogP contribution in [0.15, 0.2) is 24.3 Å². The van der Waals surface area contributed by atoms with Crippen LogP contribution in [-0.2, 0) is 6.42 Å². The first-order valence-corrected chi connectivity index (χ1v) is 8.83. The molecule has 0 heterocycles. The number of rotatable bonds is 12. The van der Waals surface area contributed by atoms with Gasteiger partial charge in [-0.2, -0.15) is 17.6 Å². The normalized spacial score (nSPS) is 13.3. The van der Waals surface area contributed by atoms with Crippen molar-refractivity contribution in [2.75, 3.05) is 0 Å². The van der Waals surface area contributed by atoms with Crippen molar-refractivity contribution in [2.45, 2.75) is 77.7 Å². The Hall–Kier alpha value is -1.26. The van der Waals surface area contributed by atoms with Crippen molar-refractivity contribution in [1.29, 1.82) is 0 Å². The number of benzene rings is 1. The molecule has 0 aliphatic heterocycles. The van der Waals surface area contributed by atoms with Crippen molar-refractivity contribution in [3.05, 3.63) is 29.8 Å². The van der Waals surface area contributed by atoms with Crippen molar-refractivity contribution in [2.24, 2.45) is 5.92 Å². The van der Waals surface area contributed by atoms with Gasteiger partial charge in [0.15, 0.2) is 0 Å². The van der Waals surface area contributed by atoms with E-state index in [2.05, 4.69) is 18.6 Å². The van der Waals surface area contributed by atoms with Gasteiger partial charge in [0, 0.05) is 0 Å². The van der Waals surface area contributed by atoms with Gasteiger partial charge in [-0.3, -0.25) is 0 Å². The highest BCUT2D eigenvalue weighted by Crippen LogP contribution is 2.28. The smallest absolute Gasteiger partial charge is 0.428 e. The van der Waals surface area contributed by atoms with Crippen LogP contribution in [0.5, 0.6) is 5.75 Å². The van der Waals surface area contributed by atoms with Crippen molar-refractivity contribution in [1.82, 2.24) is 0 Å². The third kappa shape index (κ3) is 7.54. The quantitative estimate of drug-likeness (QED) is 0.296. The molecule has 0 aromatic heterocycles. The lowest BCUT2D eigenvalue weighted by Crippen LogP contribution is -2.33. The van der Waals surface area contributed by atoms with Gasteiger partial charge in [-0.1, -0.05) is 70.9 Å². The number of alkyl halides is 4. The van der Waals surface area contributed by atoms with Gasteiger partial charge in [-0.15, -0.1) is 0 Å². The van der Waals surface area contributed by atoms with E-state index in [4.69, 9.17) is 0 Å². The van der Waals surface area contributed by atoms with Crippen LogP contribution in [0, 0.1) is 5.92 Å². The zero-order valence-corrected chi connectivity index (χ0v) is 14.5. The fourth-order valence-electron chi connectivity index (χ4n) is 2.75. The largest absolute Gasteiger partial charge is 0.461 e. The first-order chi connectivity index (χ1) is 11.4. The lowest BCUT2D eigenvalue weighted by atomic mass is 9.89. The highest BCUT2D eigenvalue weighted by molar-refractivity contribution is 5.27. The third-order valence-corrected chi connectivity index (χ3v) is 4.14. The van der Waals surface area contributed by atoms with Crippen LogP contribution in [0.2, 0.25) is 0 Å². The van der Waals surface area contributed by atoms with E-state index in [0.717, 1.165) is 31.2 Å². The molecule has 1 atom stereocenters. The van der Waals surface area contributed by atoms with Gasteiger partial charge in [0.05, 0.1) is 0 Å². The van der Waals surface area contributed by atoms with Crippen LogP contribution in [0.3, 0.4) is 0 Å². The standard InChI is InChI=1S/C19H28F4O/c1-3-5-7-9-15(8-6-4-2)14-16-10-12-17(13-11-16)24-19(22,23)18(20)21/h10-13,15,18H,3-9,14H2,1-2H3. The number of ether oxygens (including phenoxy) is 1. The van der Waals surface area contributed by atoms with E-state index in [1.807, 2.05) is 0 Å². The molecule has 0 spiro atoms. The molecule has 1 nitrogen and oxygen atoms in total. The summed E-state index contributed by atoms with van der Waals surface area (Å²) in [7, 11) is 0. The molecule has 138 valence electrons. The second-order valence-corrected chi connectivity index (χ2v) is 6.32. The first kappa shape index (κ1) is 20.8. The van der Waals surface area contributed by atoms with Gasteiger partial charge >= 0.3 is 12.5 Å². The summed E-state index contributed by atoms with van der Waals surface area (Å²) < 4.78 is 54.1. The molecule has 0 saturated heterocycles. The van der Waals surface area contributed by atoms with Crippen LogP contribution in [0.1, 0.15) is 64.4 Å². The van der Waals surface area contributed by atoms with Crippen LogP contribution in [0.25, 0.3) is 0 Å². The molecule has 1 unspecified atom stereocenters. The Bertz CT molecular complexity index is 445. The fraction of sp³-hybridized carbons (Fsp3) is 0.684. The van der Waals surface area contributed by atoms with Gasteiger partial charge in [0.2, 0.25) is 0 Å². The van der Waals surface area contributed by atoms with E-state index in [-0.39, 0.29) is 5.75 Å². The van der Waals surface area contributed by atoms with Crippen LogP contribution >= 0.6 is 0 Å². The van der Waals surface area contributed by atoms with Crippen molar-refractivity contribution in [3.8, 4) is 5.75 Å². The summed E-state index contributed by atoms with van der Waals surface area (Å²) in [4.78, 5) is 0. The molecule has 5 heteroatoms. The molecule has 0 saturated carbocycles. The molecule has 0 bridgehead atoms. The summed E-state index contributed by atoms with van der Waals surface area (Å²) >= 11 is 0. The topological polar surface area (TPSA) is 9.23 Å². The number of hydrogen-bond donors (Lipinski definition) is 0. The molecule has 0 aliphatic carbocycles. The van der Waals surface area contributed by atoms with Gasteiger partial charge in [-0.05, 0) is 30.0 Å². The minimum absolute atomic E-state index is 0.236. The summed E-state index contributed by atoms with van der Waals surface area (Å²) in [6, 6.07) is 6.06. The van der Waals surface area contributed by atoms with Crippen molar-refractivity contribution in [3.63, 3.8) is 0 Å². The predicted molar refractivity (Wildman–Crippen MR) is 88.9 cm³/mol. The lowest BCUT2D eigenvalue weighted by Gasteiger charge is -2.18. The van der Waals surface area contributed by atoms with E-state index in [1.54, 1.807) is 12.1 Å². The molecule has 0 amide bonds. The molecule has 0 aliphatic rings. The lowest BCUT2D eigenvalue weighted by molar-refractivity contribution is -0.253. The number of hydrogen-bond acceptors (Lipinski definition) is 1. The van der Waals surface area contributed by atoms with Crippen LogP contribution in [-0.4, -0.2) is 12.5 Å². The molecule has 24 heavy (non-hydrogen) atoms. The van der Waals surface area contributed by atoms with Gasteiger partial charge in [-0.25, -0.2) is 0 Å². The van der Waals surface area contributed by atoms with E-state index >= 15 is 0 Å². The summed E-state index contributed by atoms with van der Waals surface area (Å²) in [5.41, 5.74) is 1.03. The number of halogens is 4. The van der Waals surface area contributed by atoms with E-state index in [9.17, 15) is 17.6 Å². The second kappa shape index (κ2) is 10.6. The molecular weight excluding hydrogens is 320 g/mol. The Morgan fingerprint density at radius 3 is 2.04 bits per heavy atom. The number of unbranched alkanes of at least 4 members (excludes halogenated alkanes) is 3. The summed E-state index contributed by atoms with van der Waals surface area (Å²) in [6.07, 6.45) is 0.848. The van der Waals surface area contributed by atoms with E-state index in [1.165, 1.54) is 37.8 Å². The van der Waals surface area contributed by atoms with Crippen LogP contribution in [0.4, 0.5) is 17.6 Å². The van der Waals surface area contributed by atoms with Crippen LogP contribution < -0.4 is 4.74 Å². The van der Waals surface area contributed by atoms with Gasteiger partial charge in [0.25, 0.3) is 0 Å². The highest BCUT2D eigenvalue weighted by atomic mass is 19.3. The van der Waals surface area contributed by atoms with Gasteiger partial charge in [0.1, 0.15) is 5.75 Å². The summed E-state index contributed by atoms with van der Waals surface area (Å²) in [5.74, 6) is 0.339. The first-order valence-electron chi connectivity index (χ1n) is 8.83. The Balaban J connectivity index is 2.61. The Morgan fingerprint density at radius 1 is 0.917 bits per heavy atom. The molecule has 0 radical (unpaired) electrons. The molecule has 1 aromatic rings. The summed E-state index contributed by atoms with van der Waals surface area (Å²) in [5, 5.41) is 0. The average Bonchev–Trinajstić information content (AvgIpc) is 2.54. The zero-order chi connectivity index (χ0) is 18.0. The van der Waals surface area contributed by atoms with Gasteiger partial charge < -0.3 is 4.74 Å². The minimum atomic E-state index is -4.45. The molecule has 0 N–H and O–H groups in total. The SMILES string of the molecule is CCCCCC(CCCC)Cc1ccc(OC(F)(F)C(F)F)cc1. The Kier molecular flexibility index (Phi) is 9.16. The van der Waals surface area contributed by atoms with Crippen molar-refractivity contribution < 1.29 is 22.3 Å². The third-order valence-electron chi connectivity index (χ3n) is 4.14. The molecular formula is C19H28F4O. The fourth-order valence-corrected chi connectivity index (χ4v) is 2.75. The monoisotopic (exact) mass is 348 g/mol. The highest BCUT2D eigenvalue weighted by Gasteiger charge is 2.43. The minimum Gasteiger partial charge on any atom is -0.428 e. The Labute approximate surface area is 142 Å². The average molecular weight is 348 g/mol. The molecule has 0 fully saturated rings. The zero-order valence-electron chi connectivity index (χ0n) is 14.5. The molecule has 1 rings (SSSR count). The maximum absolute atomic E-state index is 12.9. The summed E-state index contributed by atoms with van der Waals surface area (Å²) in [6.45, 7) is 4.34. The molecule has 1 aromatic carbocycles. The second-order valence-electron chi connectivity index (χ2n) is 6.32. The Morgan fingerprint density at radius 2 is 1.50 bits per heavy atom. The van der Waals surface area contributed by atoms with E-state index < -0.39 is 12.5 Å². The van der Waals surface area contributed by atoms with Crippen molar-refractivity contribution >= 4 is 0 Å². The predicted octanol–water partition coefficient (Wildman–Crippen LogP) is 6.85. The maximum Gasteiger partial charge on any atom is 0.461 e. The van der Waals surface area contributed by atoms with E-state index in [0.29, 0.717) is 5.92 Å². The maximum atomic E-state index is 12.9.